The van der Waals surface area contributed by atoms with Crippen LogP contribution in [0, 0.1) is 10.8 Å². The maximum Gasteiger partial charge on any atom is 0.0535 e. The molecule has 0 spiro atoms. The van der Waals surface area contributed by atoms with E-state index in [0.717, 1.165) is 13.1 Å². The van der Waals surface area contributed by atoms with Crippen molar-refractivity contribution in [2.24, 2.45) is 10.8 Å². The minimum absolute atomic E-state index is 0.0776. The molecule has 2 aliphatic rings. The van der Waals surface area contributed by atoms with Crippen LogP contribution in [0.3, 0.4) is 0 Å². The first-order chi connectivity index (χ1) is 9.29. The van der Waals surface area contributed by atoms with Gasteiger partial charge in [-0.25, -0.2) is 0 Å². The molecule has 1 aromatic carbocycles. The first-order valence-electron chi connectivity index (χ1n) is 7.84. The van der Waals surface area contributed by atoms with Crippen LogP contribution in [-0.2, 0) is 5.54 Å². The van der Waals surface area contributed by atoms with Crippen LogP contribution >= 0.6 is 0 Å². The zero-order valence-electron chi connectivity index (χ0n) is 13.5. The van der Waals surface area contributed by atoms with Crippen LogP contribution in [0.5, 0.6) is 0 Å². The van der Waals surface area contributed by atoms with Crippen LogP contribution in [0.4, 0.5) is 0 Å². The summed E-state index contributed by atoms with van der Waals surface area (Å²) in [5.74, 6) is 0. The first kappa shape index (κ1) is 14.1. The van der Waals surface area contributed by atoms with E-state index in [1.165, 1.54) is 12.1 Å². The topological polar surface area (TPSA) is 15.3 Å². The van der Waals surface area contributed by atoms with Gasteiger partial charge in [-0.3, -0.25) is 4.90 Å². The Labute approximate surface area is 123 Å². The summed E-state index contributed by atoms with van der Waals surface area (Å²) in [5.41, 5.74) is 2.35. The van der Waals surface area contributed by atoms with Gasteiger partial charge >= 0.3 is 0 Å². The van der Waals surface area contributed by atoms with Gasteiger partial charge in [-0.2, -0.15) is 0 Å². The molecule has 1 aromatic rings. The Bertz CT molecular complexity index is 477. The lowest BCUT2D eigenvalue weighted by Crippen LogP contribution is -2.57. The standard InChI is InChI=1S/C18H28N2/c1-16(2)15(17(16,3)4)20-12-11-19-18(5,13-20)14-9-7-6-8-10-14/h6-10,15,19H,11-13H2,1-5H3. The molecule has 1 heterocycles. The van der Waals surface area contributed by atoms with E-state index >= 15 is 0 Å². The number of hydrogen-bond donors (Lipinski definition) is 1. The average Bonchev–Trinajstić information content (AvgIpc) is 2.81. The molecule has 110 valence electrons. The van der Waals surface area contributed by atoms with Crippen molar-refractivity contribution in [2.45, 2.75) is 46.2 Å². The van der Waals surface area contributed by atoms with E-state index in [9.17, 15) is 0 Å². The Balaban J connectivity index is 1.82. The number of nitrogens with one attached hydrogen (secondary N) is 1. The van der Waals surface area contributed by atoms with Crippen molar-refractivity contribution in [3.63, 3.8) is 0 Å². The van der Waals surface area contributed by atoms with Gasteiger partial charge in [0, 0.05) is 25.7 Å². The van der Waals surface area contributed by atoms with Gasteiger partial charge in [0.05, 0.1) is 5.54 Å². The van der Waals surface area contributed by atoms with Crippen molar-refractivity contribution in [1.82, 2.24) is 10.2 Å². The smallest absolute Gasteiger partial charge is 0.0535 e. The van der Waals surface area contributed by atoms with Gasteiger partial charge < -0.3 is 5.32 Å². The van der Waals surface area contributed by atoms with E-state index in [1.54, 1.807) is 0 Å². The second-order valence-electron chi connectivity index (χ2n) is 7.94. The third kappa shape index (κ3) is 1.93. The lowest BCUT2D eigenvalue weighted by atomic mass is 9.89. The van der Waals surface area contributed by atoms with E-state index < -0.39 is 0 Å². The zero-order chi connectivity index (χ0) is 14.6. The van der Waals surface area contributed by atoms with Crippen molar-refractivity contribution < 1.29 is 0 Å². The fourth-order valence-electron chi connectivity index (χ4n) is 4.31. The molecule has 2 fully saturated rings. The quantitative estimate of drug-likeness (QED) is 0.889. The molecular weight excluding hydrogens is 244 g/mol. The molecule has 2 nitrogen and oxygen atoms in total. The van der Waals surface area contributed by atoms with Gasteiger partial charge in [0.15, 0.2) is 0 Å². The summed E-state index contributed by atoms with van der Waals surface area (Å²) in [7, 11) is 0. The van der Waals surface area contributed by atoms with E-state index in [2.05, 4.69) is 75.2 Å². The van der Waals surface area contributed by atoms with Gasteiger partial charge in [0.2, 0.25) is 0 Å². The number of piperazine rings is 1. The summed E-state index contributed by atoms with van der Waals surface area (Å²) >= 11 is 0. The lowest BCUT2D eigenvalue weighted by molar-refractivity contribution is 0.117. The van der Waals surface area contributed by atoms with Crippen LogP contribution < -0.4 is 5.32 Å². The number of rotatable bonds is 2. The minimum atomic E-state index is 0.0776. The molecule has 1 saturated carbocycles. The fraction of sp³-hybridized carbons (Fsp3) is 0.667. The molecule has 0 amide bonds. The molecular formula is C18H28N2. The summed E-state index contributed by atoms with van der Waals surface area (Å²) in [5, 5.41) is 3.74. The molecule has 1 aliphatic heterocycles. The molecule has 1 unspecified atom stereocenters. The van der Waals surface area contributed by atoms with Crippen molar-refractivity contribution in [3.8, 4) is 0 Å². The minimum Gasteiger partial charge on any atom is -0.305 e. The third-order valence-electron chi connectivity index (χ3n) is 6.15. The molecule has 2 heteroatoms. The number of nitrogens with zero attached hydrogens (tertiary/aromatic N) is 1. The molecule has 1 saturated heterocycles. The van der Waals surface area contributed by atoms with Crippen LogP contribution in [0.15, 0.2) is 30.3 Å². The summed E-state index contributed by atoms with van der Waals surface area (Å²) in [6.45, 7) is 15.4. The SMILES string of the molecule is CC1(c2ccccc2)CN(C2C(C)(C)C2(C)C)CCN1. The van der Waals surface area contributed by atoms with E-state index in [4.69, 9.17) is 0 Å². The monoisotopic (exact) mass is 272 g/mol. The molecule has 3 rings (SSSR count). The Hall–Kier alpha value is -0.860. The number of benzene rings is 1. The second-order valence-corrected chi connectivity index (χ2v) is 7.94. The van der Waals surface area contributed by atoms with Crippen LogP contribution in [0.2, 0.25) is 0 Å². The summed E-state index contributed by atoms with van der Waals surface area (Å²) < 4.78 is 0. The Morgan fingerprint density at radius 3 is 2.15 bits per heavy atom. The highest BCUT2D eigenvalue weighted by Gasteiger charge is 2.67. The fourth-order valence-corrected chi connectivity index (χ4v) is 4.31. The predicted molar refractivity (Wildman–Crippen MR) is 84.7 cm³/mol. The summed E-state index contributed by atoms with van der Waals surface area (Å²) in [4.78, 5) is 2.71. The highest BCUT2D eigenvalue weighted by molar-refractivity contribution is 5.27. The second kappa shape index (κ2) is 4.32. The Morgan fingerprint density at radius 2 is 1.60 bits per heavy atom. The molecule has 0 bridgehead atoms. The molecule has 1 N–H and O–H groups in total. The van der Waals surface area contributed by atoms with Gasteiger partial charge in [-0.1, -0.05) is 58.0 Å². The molecule has 1 atom stereocenters. The molecule has 20 heavy (non-hydrogen) atoms. The third-order valence-corrected chi connectivity index (χ3v) is 6.15. The van der Waals surface area contributed by atoms with E-state index in [0.29, 0.717) is 16.9 Å². The van der Waals surface area contributed by atoms with Gasteiger partial charge in [0.25, 0.3) is 0 Å². The Morgan fingerprint density at radius 1 is 1.00 bits per heavy atom. The van der Waals surface area contributed by atoms with Crippen LogP contribution in [0.1, 0.15) is 40.2 Å². The lowest BCUT2D eigenvalue weighted by Gasteiger charge is -2.43. The zero-order valence-corrected chi connectivity index (χ0v) is 13.5. The maximum absolute atomic E-state index is 3.74. The predicted octanol–water partition coefficient (Wildman–Crippen LogP) is 3.24. The van der Waals surface area contributed by atoms with E-state index in [1.807, 2.05) is 0 Å². The summed E-state index contributed by atoms with van der Waals surface area (Å²) in [6, 6.07) is 11.6. The van der Waals surface area contributed by atoms with Crippen LogP contribution in [0.25, 0.3) is 0 Å². The van der Waals surface area contributed by atoms with Crippen LogP contribution in [-0.4, -0.2) is 30.6 Å². The first-order valence-corrected chi connectivity index (χ1v) is 7.84. The maximum atomic E-state index is 3.74. The van der Waals surface area contributed by atoms with E-state index in [-0.39, 0.29) is 5.54 Å². The molecule has 0 radical (unpaired) electrons. The number of hydrogen-bond acceptors (Lipinski definition) is 2. The molecule has 1 aliphatic carbocycles. The highest BCUT2D eigenvalue weighted by atomic mass is 15.3. The normalized spacial score (nSPS) is 33.0. The van der Waals surface area contributed by atoms with Gasteiger partial charge in [-0.15, -0.1) is 0 Å². The van der Waals surface area contributed by atoms with Gasteiger partial charge in [-0.05, 0) is 23.3 Å². The average molecular weight is 272 g/mol. The molecule has 0 aromatic heterocycles. The van der Waals surface area contributed by atoms with Crippen molar-refractivity contribution in [1.29, 1.82) is 0 Å². The summed E-state index contributed by atoms with van der Waals surface area (Å²) in [6.07, 6.45) is 0. The van der Waals surface area contributed by atoms with Crippen molar-refractivity contribution >= 4 is 0 Å². The van der Waals surface area contributed by atoms with Crippen molar-refractivity contribution in [2.75, 3.05) is 19.6 Å². The largest absolute Gasteiger partial charge is 0.305 e. The van der Waals surface area contributed by atoms with Crippen molar-refractivity contribution in [3.05, 3.63) is 35.9 Å². The van der Waals surface area contributed by atoms with Gasteiger partial charge in [0.1, 0.15) is 0 Å². The highest BCUT2D eigenvalue weighted by Crippen LogP contribution is 2.65. The Kier molecular flexibility index (Phi) is 3.04.